The molecule has 2 aromatic carbocycles. The lowest BCUT2D eigenvalue weighted by Gasteiger charge is -2.12. The predicted molar refractivity (Wildman–Crippen MR) is 102 cm³/mol. The summed E-state index contributed by atoms with van der Waals surface area (Å²) in [5.74, 6) is 0. The van der Waals surface area contributed by atoms with Gasteiger partial charge in [0.2, 0.25) is 5.13 Å². The fourth-order valence-electron chi connectivity index (χ4n) is 2.95. The van der Waals surface area contributed by atoms with E-state index >= 15 is 0 Å². The first-order chi connectivity index (χ1) is 12.0. The summed E-state index contributed by atoms with van der Waals surface area (Å²) in [5, 5.41) is 16.7. The lowest BCUT2D eigenvalue weighted by atomic mass is 10.0. The summed E-state index contributed by atoms with van der Waals surface area (Å²) in [5.41, 5.74) is 4.24. The minimum Gasteiger partial charge on any atom is -0.384 e. The van der Waals surface area contributed by atoms with E-state index in [0.29, 0.717) is 10.6 Å². The number of aliphatic hydroxyl groups is 1. The summed E-state index contributed by atoms with van der Waals surface area (Å²) in [6.07, 6.45) is -0.780. The van der Waals surface area contributed by atoms with Crippen LogP contribution in [0.1, 0.15) is 28.6 Å². The van der Waals surface area contributed by atoms with Crippen LogP contribution in [0.2, 0.25) is 5.02 Å². The van der Waals surface area contributed by atoms with Crippen molar-refractivity contribution in [3.63, 3.8) is 0 Å². The fourth-order valence-corrected chi connectivity index (χ4v) is 4.29. The molecule has 4 rings (SSSR count). The highest BCUT2D eigenvalue weighted by Crippen LogP contribution is 2.35. The molecule has 0 saturated carbocycles. The first kappa shape index (κ1) is 16.3. The number of fused-ring (bicyclic) bond motifs is 1. The van der Waals surface area contributed by atoms with Gasteiger partial charge >= 0.3 is 0 Å². The summed E-state index contributed by atoms with van der Waals surface area (Å²) >= 11 is 7.80. The molecule has 1 atom stereocenters. The second-order valence-electron chi connectivity index (χ2n) is 5.99. The Morgan fingerprint density at radius 1 is 1.12 bits per heavy atom. The van der Waals surface area contributed by atoms with Crippen molar-refractivity contribution in [1.29, 1.82) is 0 Å². The number of hydrogen-bond acceptors (Lipinski definition) is 4. The average Bonchev–Trinajstić information content (AvgIpc) is 3.16. The smallest absolute Gasteiger partial charge is 0.211 e. The van der Waals surface area contributed by atoms with Gasteiger partial charge in [-0.15, -0.1) is 0 Å². The second-order valence-corrected chi connectivity index (χ2v) is 7.44. The molecular formula is C19H16ClN3OS. The molecule has 4 nitrogen and oxygen atoms in total. The van der Waals surface area contributed by atoms with Crippen LogP contribution in [0.15, 0.2) is 48.5 Å². The number of thiazole rings is 1. The number of rotatable bonds is 3. The van der Waals surface area contributed by atoms with Crippen LogP contribution in [0.4, 0.5) is 0 Å². The normalized spacial score (nSPS) is 12.6. The van der Waals surface area contributed by atoms with Crippen LogP contribution in [0.3, 0.4) is 0 Å². The van der Waals surface area contributed by atoms with Gasteiger partial charge < -0.3 is 5.11 Å². The van der Waals surface area contributed by atoms with Crippen LogP contribution < -0.4 is 0 Å². The van der Waals surface area contributed by atoms with Gasteiger partial charge in [0.15, 0.2) is 0 Å². The van der Waals surface area contributed by atoms with E-state index in [2.05, 4.69) is 5.10 Å². The Kier molecular flexibility index (Phi) is 4.07. The molecule has 0 aliphatic heterocycles. The van der Waals surface area contributed by atoms with Crippen molar-refractivity contribution in [2.45, 2.75) is 20.0 Å². The van der Waals surface area contributed by atoms with Gasteiger partial charge in [-0.1, -0.05) is 53.3 Å². The van der Waals surface area contributed by atoms with Gasteiger partial charge in [0, 0.05) is 16.3 Å². The number of aryl methyl sites for hydroxylation is 2. The van der Waals surface area contributed by atoms with Crippen molar-refractivity contribution in [3.05, 3.63) is 76.1 Å². The maximum absolute atomic E-state index is 10.8. The van der Waals surface area contributed by atoms with Crippen molar-refractivity contribution < 1.29 is 5.11 Å². The first-order valence-electron chi connectivity index (χ1n) is 7.89. The number of nitrogens with zero attached hydrogens (tertiary/aromatic N) is 3. The van der Waals surface area contributed by atoms with Crippen molar-refractivity contribution in [3.8, 4) is 5.13 Å². The standard InChI is InChI=1S/C19H16ClN3OS/c1-11-8-12(2)23(22-11)19-21-17-15(9-14(20)10-16(17)25-19)18(24)13-6-4-3-5-7-13/h3-10,18,24H,1-2H3/t18-/m1/s1. The Labute approximate surface area is 154 Å². The largest absolute Gasteiger partial charge is 0.384 e. The van der Waals surface area contributed by atoms with E-state index < -0.39 is 6.10 Å². The minimum atomic E-state index is -0.780. The van der Waals surface area contributed by atoms with Crippen LogP contribution in [0, 0.1) is 13.8 Å². The molecule has 0 aliphatic carbocycles. The van der Waals surface area contributed by atoms with Gasteiger partial charge in [0.25, 0.3) is 0 Å². The molecule has 25 heavy (non-hydrogen) atoms. The molecule has 2 aromatic heterocycles. The molecule has 0 aliphatic rings. The van der Waals surface area contributed by atoms with E-state index in [9.17, 15) is 5.11 Å². The predicted octanol–water partition coefficient (Wildman–Crippen LogP) is 4.83. The topological polar surface area (TPSA) is 50.9 Å². The van der Waals surface area contributed by atoms with E-state index in [0.717, 1.165) is 32.3 Å². The summed E-state index contributed by atoms with van der Waals surface area (Å²) < 4.78 is 2.76. The van der Waals surface area contributed by atoms with Crippen molar-refractivity contribution in [2.24, 2.45) is 0 Å². The highest BCUT2D eigenvalue weighted by Gasteiger charge is 2.19. The minimum absolute atomic E-state index is 0.584. The summed E-state index contributed by atoms with van der Waals surface area (Å²) in [4.78, 5) is 4.75. The fraction of sp³-hybridized carbons (Fsp3) is 0.158. The molecule has 0 unspecified atom stereocenters. The van der Waals surface area contributed by atoms with E-state index in [4.69, 9.17) is 16.6 Å². The molecule has 1 N–H and O–H groups in total. The van der Waals surface area contributed by atoms with Crippen LogP contribution in [-0.4, -0.2) is 19.9 Å². The van der Waals surface area contributed by atoms with Gasteiger partial charge in [0.05, 0.1) is 15.9 Å². The van der Waals surface area contributed by atoms with Gasteiger partial charge in [-0.25, -0.2) is 9.67 Å². The highest BCUT2D eigenvalue weighted by atomic mass is 35.5. The van der Waals surface area contributed by atoms with E-state index in [1.54, 1.807) is 6.07 Å². The van der Waals surface area contributed by atoms with Gasteiger partial charge in [-0.05, 0) is 37.6 Å². The molecule has 0 spiro atoms. The molecular weight excluding hydrogens is 354 g/mol. The molecule has 126 valence electrons. The molecule has 4 aromatic rings. The van der Waals surface area contributed by atoms with Gasteiger partial charge in [-0.3, -0.25) is 0 Å². The zero-order valence-corrected chi connectivity index (χ0v) is 15.3. The Hall–Kier alpha value is -2.21. The average molecular weight is 370 g/mol. The van der Waals surface area contributed by atoms with Crippen LogP contribution in [0.5, 0.6) is 0 Å². The van der Waals surface area contributed by atoms with Crippen LogP contribution in [0.25, 0.3) is 15.3 Å². The van der Waals surface area contributed by atoms with E-state index in [1.165, 1.54) is 11.3 Å². The zero-order valence-electron chi connectivity index (χ0n) is 13.8. The lowest BCUT2D eigenvalue weighted by molar-refractivity contribution is 0.221. The lowest BCUT2D eigenvalue weighted by Crippen LogP contribution is -2.01. The number of hydrogen-bond donors (Lipinski definition) is 1. The van der Waals surface area contributed by atoms with Crippen LogP contribution >= 0.6 is 22.9 Å². The summed E-state index contributed by atoms with van der Waals surface area (Å²) in [6, 6.07) is 15.2. The number of aromatic nitrogens is 3. The maximum Gasteiger partial charge on any atom is 0.211 e. The molecule has 0 amide bonds. The molecule has 0 bridgehead atoms. The quantitative estimate of drug-likeness (QED) is 0.562. The van der Waals surface area contributed by atoms with Gasteiger partial charge in [0.1, 0.15) is 6.10 Å². The zero-order chi connectivity index (χ0) is 17.6. The van der Waals surface area contributed by atoms with E-state index in [-0.39, 0.29) is 0 Å². The third kappa shape index (κ3) is 2.95. The first-order valence-corrected chi connectivity index (χ1v) is 9.09. The molecule has 0 radical (unpaired) electrons. The third-order valence-corrected chi connectivity index (χ3v) is 5.27. The molecule has 2 heterocycles. The maximum atomic E-state index is 10.8. The number of benzene rings is 2. The molecule has 6 heteroatoms. The highest BCUT2D eigenvalue weighted by molar-refractivity contribution is 7.20. The Morgan fingerprint density at radius 2 is 1.88 bits per heavy atom. The van der Waals surface area contributed by atoms with E-state index in [1.807, 2.05) is 61.0 Å². The molecule has 0 fully saturated rings. The number of halogens is 1. The Bertz CT molecular complexity index is 1060. The van der Waals surface area contributed by atoms with Crippen molar-refractivity contribution in [1.82, 2.24) is 14.8 Å². The Morgan fingerprint density at radius 3 is 2.56 bits per heavy atom. The number of aliphatic hydroxyl groups excluding tert-OH is 1. The van der Waals surface area contributed by atoms with Crippen LogP contribution in [-0.2, 0) is 0 Å². The SMILES string of the molecule is Cc1cc(C)n(-c2nc3c([C@H](O)c4ccccc4)cc(Cl)cc3s2)n1. The third-order valence-electron chi connectivity index (χ3n) is 4.08. The molecule has 0 saturated heterocycles. The summed E-state index contributed by atoms with van der Waals surface area (Å²) in [7, 11) is 0. The Balaban J connectivity index is 1.89. The van der Waals surface area contributed by atoms with Gasteiger partial charge in [-0.2, -0.15) is 5.10 Å². The van der Waals surface area contributed by atoms with Crippen molar-refractivity contribution >= 4 is 33.2 Å². The van der Waals surface area contributed by atoms with Crippen molar-refractivity contribution in [2.75, 3.05) is 0 Å². The monoisotopic (exact) mass is 369 g/mol. The second kappa shape index (κ2) is 6.26. The summed E-state index contributed by atoms with van der Waals surface area (Å²) in [6.45, 7) is 3.96.